The quantitative estimate of drug-likeness (QED) is 0.859. The number of rotatable bonds is 2. The molecule has 88 valence electrons. The molecule has 0 fully saturated rings. The van der Waals surface area contributed by atoms with Gasteiger partial charge in [-0.05, 0) is 38.0 Å². The van der Waals surface area contributed by atoms with Gasteiger partial charge in [-0.3, -0.25) is 0 Å². The number of anilines is 1. The molecule has 3 heteroatoms. The third-order valence-electron chi connectivity index (χ3n) is 3.45. The van der Waals surface area contributed by atoms with Crippen LogP contribution in [0, 0.1) is 6.92 Å². The van der Waals surface area contributed by atoms with E-state index in [-0.39, 0.29) is 0 Å². The molecule has 1 heterocycles. The molecule has 0 aromatic heterocycles. The highest BCUT2D eigenvalue weighted by atomic mass is 35.5. The number of hydrogen-bond acceptors (Lipinski definition) is 2. The van der Waals surface area contributed by atoms with Gasteiger partial charge in [0.25, 0.3) is 0 Å². The van der Waals surface area contributed by atoms with E-state index >= 15 is 0 Å². The largest absolute Gasteiger partial charge is 0.368 e. The van der Waals surface area contributed by atoms with Crippen LogP contribution in [0.25, 0.3) is 0 Å². The zero-order valence-electron chi connectivity index (χ0n) is 10.1. The van der Waals surface area contributed by atoms with E-state index < -0.39 is 0 Å². The molecule has 1 aromatic rings. The Morgan fingerprint density at radius 3 is 2.75 bits per heavy atom. The molecule has 0 saturated heterocycles. The molecule has 0 amide bonds. The van der Waals surface area contributed by atoms with Gasteiger partial charge in [0, 0.05) is 35.8 Å². The maximum atomic E-state index is 6.20. The highest BCUT2D eigenvalue weighted by Gasteiger charge is 2.30. The van der Waals surface area contributed by atoms with Gasteiger partial charge in [-0.1, -0.05) is 17.7 Å². The van der Waals surface area contributed by atoms with Crippen molar-refractivity contribution in [1.82, 2.24) is 0 Å². The molecule has 2 N–H and O–H groups in total. The molecule has 2 rings (SSSR count). The zero-order valence-corrected chi connectivity index (χ0v) is 10.9. The van der Waals surface area contributed by atoms with Gasteiger partial charge in [-0.25, -0.2) is 0 Å². The van der Waals surface area contributed by atoms with Crippen LogP contribution in [0.3, 0.4) is 0 Å². The summed E-state index contributed by atoms with van der Waals surface area (Å²) >= 11 is 6.20. The maximum absolute atomic E-state index is 6.20. The van der Waals surface area contributed by atoms with Crippen LogP contribution >= 0.6 is 11.6 Å². The molecule has 1 atom stereocenters. The Labute approximate surface area is 102 Å². The number of fused-ring (bicyclic) bond motifs is 1. The first-order valence-corrected chi connectivity index (χ1v) is 6.19. The molecule has 0 radical (unpaired) electrons. The molecule has 1 aliphatic rings. The Bertz CT molecular complexity index is 401. The van der Waals surface area contributed by atoms with Gasteiger partial charge in [0.2, 0.25) is 0 Å². The van der Waals surface area contributed by atoms with E-state index in [0.29, 0.717) is 18.5 Å². The Hall–Kier alpha value is -0.730. The van der Waals surface area contributed by atoms with Gasteiger partial charge < -0.3 is 10.6 Å². The molecule has 0 bridgehead atoms. The van der Waals surface area contributed by atoms with Crippen LogP contribution < -0.4 is 10.6 Å². The third-order valence-corrected chi connectivity index (χ3v) is 3.86. The van der Waals surface area contributed by atoms with Crippen LogP contribution in [0.2, 0.25) is 5.02 Å². The molecule has 1 aromatic carbocycles. The first kappa shape index (κ1) is 11.7. The minimum absolute atomic E-state index is 0.452. The molecule has 1 unspecified atom stereocenters. The van der Waals surface area contributed by atoms with Crippen molar-refractivity contribution in [2.75, 3.05) is 18.0 Å². The second kappa shape index (κ2) is 4.27. The van der Waals surface area contributed by atoms with Gasteiger partial charge in [0.1, 0.15) is 0 Å². The zero-order chi connectivity index (χ0) is 11.9. The molecule has 0 spiro atoms. The predicted molar refractivity (Wildman–Crippen MR) is 70.5 cm³/mol. The molecule has 0 aliphatic carbocycles. The normalized spacial score (nSPS) is 19.4. The van der Waals surface area contributed by atoms with Crippen molar-refractivity contribution in [2.24, 2.45) is 5.73 Å². The Morgan fingerprint density at radius 2 is 2.19 bits per heavy atom. The number of nitrogens with two attached hydrogens (primary N) is 1. The summed E-state index contributed by atoms with van der Waals surface area (Å²) in [6.45, 7) is 8.24. The van der Waals surface area contributed by atoms with Crippen LogP contribution in [-0.2, 0) is 0 Å². The Morgan fingerprint density at radius 1 is 1.50 bits per heavy atom. The first-order chi connectivity index (χ1) is 7.56. The van der Waals surface area contributed by atoms with E-state index in [1.807, 2.05) is 6.07 Å². The lowest BCUT2D eigenvalue weighted by atomic mass is 10.00. The summed E-state index contributed by atoms with van der Waals surface area (Å²) in [6, 6.07) is 4.61. The summed E-state index contributed by atoms with van der Waals surface area (Å²) in [5, 5.41) is 0.849. The van der Waals surface area contributed by atoms with E-state index in [1.165, 1.54) is 16.8 Å². The van der Waals surface area contributed by atoms with Crippen LogP contribution in [0.5, 0.6) is 0 Å². The van der Waals surface area contributed by atoms with E-state index in [1.54, 1.807) is 0 Å². The topological polar surface area (TPSA) is 29.3 Å². The van der Waals surface area contributed by atoms with Crippen molar-refractivity contribution in [3.63, 3.8) is 0 Å². The van der Waals surface area contributed by atoms with Crippen molar-refractivity contribution in [2.45, 2.75) is 32.7 Å². The molecular weight excluding hydrogens is 220 g/mol. The fourth-order valence-corrected chi connectivity index (χ4v) is 2.66. The fraction of sp³-hybridized carbons (Fsp3) is 0.538. The van der Waals surface area contributed by atoms with E-state index in [2.05, 4.69) is 31.7 Å². The average Bonchev–Trinajstić information content (AvgIpc) is 2.62. The number of benzene rings is 1. The number of hydrogen-bond donors (Lipinski definition) is 1. The Balaban J connectivity index is 2.54. The summed E-state index contributed by atoms with van der Waals surface area (Å²) in [4.78, 5) is 2.41. The van der Waals surface area contributed by atoms with Crippen molar-refractivity contribution in [3.05, 3.63) is 28.3 Å². The second-order valence-electron chi connectivity index (χ2n) is 4.79. The second-order valence-corrected chi connectivity index (χ2v) is 5.20. The predicted octanol–water partition coefficient (Wildman–Crippen LogP) is 2.92. The van der Waals surface area contributed by atoms with Gasteiger partial charge in [0.05, 0.1) is 0 Å². The first-order valence-electron chi connectivity index (χ1n) is 5.82. The van der Waals surface area contributed by atoms with Crippen molar-refractivity contribution >= 4 is 17.3 Å². The number of halogens is 1. The van der Waals surface area contributed by atoms with Crippen LogP contribution in [-0.4, -0.2) is 19.1 Å². The maximum Gasteiger partial charge on any atom is 0.0456 e. The van der Waals surface area contributed by atoms with Crippen LogP contribution in [0.1, 0.15) is 30.9 Å². The molecule has 0 saturated carbocycles. The lowest BCUT2D eigenvalue weighted by Gasteiger charge is -2.26. The smallest absolute Gasteiger partial charge is 0.0456 e. The monoisotopic (exact) mass is 238 g/mol. The van der Waals surface area contributed by atoms with Crippen molar-refractivity contribution < 1.29 is 0 Å². The standard InChI is InChI=1S/C13H19ClN2/c1-8(2)16-7-10(6-15)11-4-5-12(14)9(3)13(11)16/h4-5,8,10H,6-7,15H2,1-3H3. The lowest BCUT2D eigenvalue weighted by Crippen LogP contribution is -2.31. The summed E-state index contributed by atoms with van der Waals surface area (Å²) in [6.07, 6.45) is 0. The van der Waals surface area contributed by atoms with Gasteiger partial charge in [0.15, 0.2) is 0 Å². The molecular formula is C13H19ClN2. The molecule has 16 heavy (non-hydrogen) atoms. The van der Waals surface area contributed by atoms with Crippen molar-refractivity contribution in [1.29, 1.82) is 0 Å². The number of nitrogens with zero attached hydrogens (tertiary/aromatic N) is 1. The van der Waals surface area contributed by atoms with Gasteiger partial charge >= 0.3 is 0 Å². The third kappa shape index (κ3) is 1.70. The SMILES string of the molecule is Cc1c(Cl)ccc2c1N(C(C)C)CC2CN. The van der Waals surface area contributed by atoms with E-state index in [0.717, 1.165) is 11.6 Å². The fourth-order valence-electron chi connectivity index (χ4n) is 2.50. The summed E-state index contributed by atoms with van der Waals surface area (Å²) in [7, 11) is 0. The van der Waals surface area contributed by atoms with Crippen LogP contribution in [0.15, 0.2) is 12.1 Å². The summed E-state index contributed by atoms with van der Waals surface area (Å²) in [5.41, 5.74) is 9.69. The van der Waals surface area contributed by atoms with Gasteiger partial charge in [-0.2, -0.15) is 0 Å². The summed E-state index contributed by atoms with van der Waals surface area (Å²) < 4.78 is 0. The van der Waals surface area contributed by atoms with Crippen LogP contribution in [0.4, 0.5) is 5.69 Å². The minimum atomic E-state index is 0.452. The van der Waals surface area contributed by atoms with E-state index in [4.69, 9.17) is 17.3 Å². The van der Waals surface area contributed by atoms with E-state index in [9.17, 15) is 0 Å². The van der Waals surface area contributed by atoms with Gasteiger partial charge in [-0.15, -0.1) is 0 Å². The van der Waals surface area contributed by atoms with Crippen molar-refractivity contribution in [3.8, 4) is 0 Å². The molecule has 2 nitrogen and oxygen atoms in total. The molecule has 1 aliphatic heterocycles. The summed E-state index contributed by atoms with van der Waals surface area (Å²) in [5.74, 6) is 0.452. The lowest BCUT2D eigenvalue weighted by molar-refractivity contribution is 0.646. The highest BCUT2D eigenvalue weighted by molar-refractivity contribution is 6.31. The highest BCUT2D eigenvalue weighted by Crippen LogP contribution is 2.41. The minimum Gasteiger partial charge on any atom is -0.368 e. The Kier molecular flexibility index (Phi) is 3.13. The average molecular weight is 239 g/mol.